The van der Waals surface area contributed by atoms with Gasteiger partial charge in [0, 0.05) is 13.1 Å². The van der Waals surface area contributed by atoms with E-state index in [9.17, 15) is 9.18 Å². The molecule has 5 nitrogen and oxygen atoms in total. The molecule has 0 bridgehead atoms. The average molecular weight is 336 g/mol. The van der Waals surface area contributed by atoms with Crippen molar-refractivity contribution in [2.45, 2.75) is 13.5 Å². The molecule has 0 atom stereocenters. The SMILES string of the molecule is Cc1ncsc1COC(=O)c1ccc(N2CCOCC2)c(F)c1. The van der Waals surface area contributed by atoms with Crippen LogP contribution < -0.4 is 4.90 Å². The van der Waals surface area contributed by atoms with Gasteiger partial charge in [-0.2, -0.15) is 0 Å². The van der Waals surface area contributed by atoms with E-state index in [2.05, 4.69) is 4.98 Å². The van der Waals surface area contributed by atoms with Crippen molar-refractivity contribution in [3.63, 3.8) is 0 Å². The van der Waals surface area contributed by atoms with Gasteiger partial charge >= 0.3 is 5.97 Å². The molecule has 1 aliphatic heterocycles. The quantitative estimate of drug-likeness (QED) is 0.804. The summed E-state index contributed by atoms with van der Waals surface area (Å²) in [6.45, 7) is 4.46. The van der Waals surface area contributed by atoms with Gasteiger partial charge in [0.2, 0.25) is 0 Å². The Balaban J connectivity index is 1.67. The Morgan fingerprint density at radius 3 is 2.87 bits per heavy atom. The number of ether oxygens (including phenoxy) is 2. The Bertz CT molecular complexity index is 698. The molecule has 1 aliphatic rings. The molecule has 0 unspecified atom stereocenters. The Hall–Kier alpha value is -1.99. The van der Waals surface area contributed by atoms with Crippen molar-refractivity contribution in [1.82, 2.24) is 4.98 Å². The Morgan fingerprint density at radius 1 is 1.43 bits per heavy atom. The third-order valence-electron chi connectivity index (χ3n) is 3.71. The summed E-state index contributed by atoms with van der Waals surface area (Å²) in [5.74, 6) is -0.958. The van der Waals surface area contributed by atoms with Crippen LogP contribution in [0.25, 0.3) is 0 Å². The molecule has 7 heteroatoms. The minimum atomic E-state index is -0.537. The highest BCUT2D eigenvalue weighted by Gasteiger charge is 2.17. The van der Waals surface area contributed by atoms with E-state index in [0.717, 1.165) is 10.6 Å². The monoisotopic (exact) mass is 336 g/mol. The maximum Gasteiger partial charge on any atom is 0.338 e. The van der Waals surface area contributed by atoms with E-state index in [1.54, 1.807) is 17.6 Å². The van der Waals surface area contributed by atoms with Crippen molar-refractivity contribution in [2.75, 3.05) is 31.2 Å². The first-order chi connectivity index (χ1) is 11.1. The molecule has 1 aromatic carbocycles. The van der Waals surface area contributed by atoms with Crippen LogP contribution in [0.5, 0.6) is 0 Å². The Kier molecular flexibility index (Phi) is 4.88. The number of aryl methyl sites for hydroxylation is 1. The molecule has 1 saturated heterocycles. The number of morpholine rings is 1. The molecule has 0 amide bonds. The Labute approximate surface area is 137 Å². The molecule has 122 valence electrons. The summed E-state index contributed by atoms with van der Waals surface area (Å²) in [4.78, 5) is 19.0. The number of nitrogens with zero attached hydrogens (tertiary/aromatic N) is 2. The van der Waals surface area contributed by atoms with Gasteiger partial charge in [0.1, 0.15) is 12.4 Å². The standard InChI is InChI=1S/C16H17FN2O3S/c1-11-15(23-10-18-11)9-22-16(20)12-2-3-14(13(17)8-12)19-4-6-21-7-5-19/h2-3,8,10H,4-7,9H2,1H3. The molecular weight excluding hydrogens is 319 g/mol. The fraction of sp³-hybridized carbons (Fsp3) is 0.375. The fourth-order valence-corrected chi connectivity index (χ4v) is 3.06. The number of hydrogen-bond donors (Lipinski definition) is 0. The third kappa shape index (κ3) is 3.68. The fourth-order valence-electron chi connectivity index (χ4n) is 2.37. The normalized spacial score (nSPS) is 14.8. The van der Waals surface area contributed by atoms with Crippen molar-refractivity contribution in [2.24, 2.45) is 0 Å². The van der Waals surface area contributed by atoms with E-state index >= 15 is 0 Å². The first kappa shape index (κ1) is 15.9. The lowest BCUT2D eigenvalue weighted by Gasteiger charge is -2.29. The summed E-state index contributed by atoms with van der Waals surface area (Å²) >= 11 is 1.43. The molecule has 0 radical (unpaired) electrons. The second-order valence-electron chi connectivity index (χ2n) is 5.20. The number of halogens is 1. The first-order valence-electron chi connectivity index (χ1n) is 7.33. The highest BCUT2D eigenvalue weighted by atomic mass is 32.1. The highest BCUT2D eigenvalue weighted by molar-refractivity contribution is 7.09. The number of thiazole rings is 1. The summed E-state index contributed by atoms with van der Waals surface area (Å²) in [5, 5.41) is 0. The minimum absolute atomic E-state index is 0.155. The van der Waals surface area contributed by atoms with E-state index < -0.39 is 11.8 Å². The minimum Gasteiger partial charge on any atom is -0.456 e. The summed E-state index contributed by atoms with van der Waals surface area (Å²) in [5.41, 5.74) is 3.25. The van der Waals surface area contributed by atoms with Gasteiger partial charge in [-0.15, -0.1) is 11.3 Å². The number of aromatic nitrogens is 1. The molecule has 1 aromatic heterocycles. The van der Waals surface area contributed by atoms with Crippen LogP contribution in [-0.2, 0) is 16.1 Å². The smallest absolute Gasteiger partial charge is 0.338 e. The van der Waals surface area contributed by atoms with Crippen LogP contribution in [0.1, 0.15) is 20.9 Å². The van der Waals surface area contributed by atoms with Gasteiger partial charge in [0.25, 0.3) is 0 Å². The summed E-state index contributed by atoms with van der Waals surface area (Å²) in [6, 6.07) is 4.44. The van der Waals surface area contributed by atoms with Crippen molar-refractivity contribution in [3.05, 3.63) is 45.7 Å². The lowest BCUT2D eigenvalue weighted by atomic mass is 10.1. The number of carbonyl (C=O) groups is 1. The van der Waals surface area contributed by atoms with Crippen LogP contribution in [0.4, 0.5) is 10.1 Å². The molecule has 0 aliphatic carbocycles. The number of hydrogen-bond acceptors (Lipinski definition) is 6. The summed E-state index contributed by atoms with van der Waals surface area (Å²) in [7, 11) is 0. The van der Waals surface area contributed by atoms with E-state index in [1.807, 2.05) is 11.8 Å². The predicted octanol–water partition coefficient (Wildman–Crippen LogP) is 2.78. The van der Waals surface area contributed by atoms with Gasteiger partial charge in [-0.3, -0.25) is 0 Å². The first-order valence-corrected chi connectivity index (χ1v) is 8.21. The van der Waals surface area contributed by atoms with Gasteiger partial charge in [-0.05, 0) is 25.1 Å². The van der Waals surface area contributed by atoms with E-state index in [4.69, 9.17) is 9.47 Å². The molecule has 0 saturated carbocycles. The molecule has 23 heavy (non-hydrogen) atoms. The molecular formula is C16H17FN2O3S. The topological polar surface area (TPSA) is 51.7 Å². The number of esters is 1. The van der Waals surface area contributed by atoms with Crippen LogP contribution in [-0.4, -0.2) is 37.3 Å². The lowest BCUT2D eigenvalue weighted by Crippen LogP contribution is -2.36. The average Bonchev–Trinajstić information content (AvgIpc) is 2.98. The maximum atomic E-state index is 14.3. The van der Waals surface area contributed by atoms with E-state index in [1.165, 1.54) is 17.4 Å². The molecule has 2 heterocycles. The van der Waals surface area contributed by atoms with E-state index in [0.29, 0.717) is 32.0 Å². The summed E-state index contributed by atoms with van der Waals surface area (Å²) < 4.78 is 24.8. The van der Waals surface area contributed by atoms with Crippen LogP contribution in [0.3, 0.4) is 0 Å². The van der Waals surface area contributed by atoms with Crippen LogP contribution >= 0.6 is 11.3 Å². The van der Waals surface area contributed by atoms with Gasteiger partial charge in [-0.25, -0.2) is 14.2 Å². The number of rotatable bonds is 4. The van der Waals surface area contributed by atoms with Crippen LogP contribution in [0.2, 0.25) is 0 Å². The molecule has 2 aromatic rings. The van der Waals surface area contributed by atoms with Gasteiger partial charge in [0.05, 0.1) is 40.5 Å². The van der Waals surface area contributed by atoms with Crippen molar-refractivity contribution in [3.8, 4) is 0 Å². The largest absolute Gasteiger partial charge is 0.456 e. The zero-order valence-electron chi connectivity index (χ0n) is 12.8. The Morgan fingerprint density at radius 2 is 2.22 bits per heavy atom. The number of anilines is 1. The molecule has 0 N–H and O–H groups in total. The third-order valence-corrected chi connectivity index (χ3v) is 4.62. The second kappa shape index (κ2) is 7.06. The molecule has 1 fully saturated rings. The van der Waals surface area contributed by atoms with Gasteiger partial charge in [0.15, 0.2) is 0 Å². The van der Waals surface area contributed by atoms with Crippen molar-refractivity contribution in [1.29, 1.82) is 0 Å². The second-order valence-corrected chi connectivity index (χ2v) is 6.14. The maximum absolute atomic E-state index is 14.3. The predicted molar refractivity (Wildman–Crippen MR) is 85.4 cm³/mol. The molecule has 0 spiro atoms. The molecule has 3 rings (SSSR count). The van der Waals surface area contributed by atoms with Gasteiger partial charge < -0.3 is 14.4 Å². The number of carbonyl (C=O) groups excluding carboxylic acids is 1. The van der Waals surface area contributed by atoms with Crippen molar-refractivity contribution >= 4 is 23.0 Å². The zero-order valence-corrected chi connectivity index (χ0v) is 13.6. The van der Waals surface area contributed by atoms with Crippen LogP contribution in [0.15, 0.2) is 23.7 Å². The lowest BCUT2D eigenvalue weighted by molar-refractivity contribution is 0.0475. The van der Waals surface area contributed by atoms with Crippen LogP contribution in [0, 0.1) is 12.7 Å². The zero-order chi connectivity index (χ0) is 16.2. The highest BCUT2D eigenvalue weighted by Crippen LogP contribution is 2.22. The summed E-state index contributed by atoms with van der Waals surface area (Å²) in [6.07, 6.45) is 0. The van der Waals surface area contributed by atoms with E-state index in [-0.39, 0.29) is 12.2 Å². The van der Waals surface area contributed by atoms with Gasteiger partial charge in [-0.1, -0.05) is 0 Å². The number of benzene rings is 1. The van der Waals surface area contributed by atoms with Crippen molar-refractivity contribution < 1.29 is 18.7 Å².